The van der Waals surface area contributed by atoms with Gasteiger partial charge in [-0.15, -0.1) is 11.6 Å². The standard InChI is InChI=1S/C10H8ClNO3/c1-15-10-3-8(13)7(9(14)4-11)2-6(10)5-12/h2-3,13H,4H2,1H3. The topological polar surface area (TPSA) is 70.3 Å². The van der Waals surface area contributed by atoms with Gasteiger partial charge in [0.05, 0.1) is 24.1 Å². The molecule has 0 bridgehead atoms. The van der Waals surface area contributed by atoms with E-state index in [1.54, 1.807) is 0 Å². The average molecular weight is 226 g/mol. The molecule has 0 radical (unpaired) electrons. The van der Waals surface area contributed by atoms with Gasteiger partial charge in [-0.1, -0.05) is 0 Å². The lowest BCUT2D eigenvalue weighted by atomic mass is 10.1. The lowest BCUT2D eigenvalue weighted by Gasteiger charge is -2.06. The van der Waals surface area contributed by atoms with Gasteiger partial charge in [0.25, 0.3) is 0 Å². The molecule has 15 heavy (non-hydrogen) atoms. The Hall–Kier alpha value is -1.73. The molecule has 0 amide bonds. The fourth-order valence-corrected chi connectivity index (χ4v) is 1.26. The van der Waals surface area contributed by atoms with Crippen LogP contribution in [-0.4, -0.2) is 23.9 Å². The van der Waals surface area contributed by atoms with Crippen LogP contribution in [0.15, 0.2) is 12.1 Å². The van der Waals surface area contributed by atoms with Gasteiger partial charge in [0.15, 0.2) is 5.78 Å². The molecule has 0 aliphatic carbocycles. The van der Waals surface area contributed by atoms with Gasteiger partial charge in [-0.25, -0.2) is 0 Å². The first-order chi connectivity index (χ1) is 7.13. The third-order valence-corrected chi connectivity index (χ3v) is 2.10. The van der Waals surface area contributed by atoms with Gasteiger partial charge < -0.3 is 9.84 Å². The van der Waals surface area contributed by atoms with E-state index in [0.717, 1.165) is 0 Å². The number of nitrogens with zero attached hydrogens (tertiary/aromatic N) is 1. The van der Waals surface area contributed by atoms with Crippen LogP contribution in [0.5, 0.6) is 11.5 Å². The van der Waals surface area contributed by atoms with Gasteiger partial charge in [0.1, 0.15) is 17.6 Å². The molecule has 0 fully saturated rings. The molecule has 4 nitrogen and oxygen atoms in total. The van der Waals surface area contributed by atoms with E-state index < -0.39 is 5.78 Å². The van der Waals surface area contributed by atoms with Gasteiger partial charge in [-0.2, -0.15) is 5.26 Å². The molecule has 78 valence electrons. The monoisotopic (exact) mass is 225 g/mol. The van der Waals surface area contributed by atoms with Gasteiger partial charge in [-0.3, -0.25) is 4.79 Å². The van der Waals surface area contributed by atoms with Crippen molar-refractivity contribution in [2.24, 2.45) is 0 Å². The van der Waals surface area contributed by atoms with Crippen LogP contribution >= 0.6 is 11.6 Å². The summed E-state index contributed by atoms with van der Waals surface area (Å²) in [4.78, 5) is 11.3. The van der Waals surface area contributed by atoms with Crippen LogP contribution in [0.25, 0.3) is 0 Å². The molecule has 0 aliphatic heterocycles. The minimum absolute atomic E-state index is 0.0300. The number of carbonyl (C=O) groups excluding carboxylic acids is 1. The van der Waals surface area contributed by atoms with Crippen molar-refractivity contribution in [1.29, 1.82) is 5.26 Å². The summed E-state index contributed by atoms with van der Waals surface area (Å²) in [5.74, 6) is -0.698. The lowest BCUT2D eigenvalue weighted by molar-refractivity contribution is 0.101. The van der Waals surface area contributed by atoms with Crippen LogP contribution in [0, 0.1) is 11.3 Å². The molecular weight excluding hydrogens is 218 g/mol. The fraction of sp³-hybridized carbons (Fsp3) is 0.200. The second-order valence-electron chi connectivity index (χ2n) is 2.74. The van der Waals surface area contributed by atoms with Gasteiger partial charge in [0.2, 0.25) is 0 Å². The van der Waals surface area contributed by atoms with E-state index in [1.165, 1.54) is 19.2 Å². The number of Topliss-reactive ketones (excluding diaryl/α,β-unsaturated/α-hetero) is 1. The Kier molecular flexibility index (Phi) is 3.53. The van der Waals surface area contributed by atoms with Crippen LogP contribution in [0.4, 0.5) is 0 Å². The highest BCUT2D eigenvalue weighted by Crippen LogP contribution is 2.28. The van der Waals surface area contributed by atoms with Crippen molar-refractivity contribution < 1.29 is 14.6 Å². The molecule has 1 aromatic carbocycles. The first kappa shape index (κ1) is 11.3. The van der Waals surface area contributed by atoms with E-state index >= 15 is 0 Å². The molecule has 0 saturated heterocycles. The zero-order valence-corrected chi connectivity index (χ0v) is 8.71. The number of nitriles is 1. The van der Waals surface area contributed by atoms with Crippen LogP contribution in [0.1, 0.15) is 15.9 Å². The molecule has 0 aliphatic rings. The second kappa shape index (κ2) is 4.67. The summed E-state index contributed by atoms with van der Waals surface area (Å²) in [6.45, 7) is 0. The van der Waals surface area contributed by atoms with Crippen molar-refractivity contribution in [1.82, 2.24) is 0 Å². The van der Waals surface area contributed by atoms with E-state index in [1.807, 2.05) is 6.07 Å². The zero-order valence-electron chi connectivity index (χ0n) is 7.95. The number of phenolic OH excluding ortho intramolecular Hbond substituents is 1. The minimum Gasteiger partial charge on any atom is -0.507 e. The Labute approximate surface area is 91.7 Å². The number of hydrogen-bond donors (Lipinski definition) is 1. The highest BCUT2D eigenvalue weighted by molar-refractivity contribution is 6.30. The number of alkyl halides is 1. The summed E-state index contributed by atoms with van der Waals surface area (Å²) < 4.78 is 4.86. The Bertz CT molecular complexity index is 437. The summed E-state index contributed by atoms with van der Waals surface area (Å²) in [6, 6.07) is 4.35. The predicted octanol–water partition coefficient (Wildman–Crippen LogP) is 1.69. The highest BCUT2D eigenvalue weighted by atomic mass is 35.5. The van der Waals surface area contributed by atoms with Crippen LogP contribution in [0.2, 0.25) is 0 Å². The summed E-state index contributed by atoms with van der Waals surface area (Å²) in [7, 11) is 1.37. The van der Waals surface area contributed by atoms with Crippen molar-refractivity contribution in [3.8, 4) is 17.6 Å². The molecule has 0 heterocycles. The first-order valence-corrected chi connectivity index (χ1v) is 4.57. The molecule has 0 aromatic heterocycles. The van der Waals surface area contributed by atoms with Crippen LogP contribution < -0.4 is 4.74 Å². The number of methoxy groups -OCH3 is 1. The van der Waals surface area contributed by atoms with E-state index in [-0.39, 0.29) is 28.5 Å². The number of rotatable bonds is 3. The average Bonchev–Trinajstić information content (AvgIpc) is 2.27. The number of phenols is 1. The lowest BCUT2D eigenvalue weighted by Crippen LogP contribution is -2.02. The van der Waals surface area contributed by atoms with E-state index in [0.29, 0.717) is 0 Å². The summed E-state index contributed by atoms with van der Waals surface area (Å²) >= 11 is 5.35. The largest absolute Gasteiger partial charge is 0.507 e. The SMILES string of the molecule is COc1cc(O)c(C(=O)CCl)cc1C#N. The van der Waals surface area contributed by atoms with E-state index in [4.69, 9.17) is 21.6 Å². The minimum atomic E-state index is -0.437. The second-order valence-corrected chi connectivity index (χ2v) is 3.01. The quantitative estimate of drug-likeness (QED) is 0.628. The van der Waals surface area contributed by atoms with E-state index in [2.05, 4.69) is 0 Å². The third kappa shape index (κ3) is 2.20. The Morgan fingerprint density at radius 2 is 2.33 bits per heavy atom. The third-order valence-electron chi connectivity index (χ3n) is 1.86. The molecular formula is C10H8ClNO3. The summed E-state index contributed by atoms with van der Waals surface area (Å²) in [5.41, 5.74) is 0.214. The fourth-order valence-electron chi connectivity index (χ4n) is 1.12. The highest BCUT2D eigenvalue weighted by Gasteiger charge is 2.14. The predicted molar refractivity (Wildman–Crippen MR) is 54.4 cm³/mol. The van der Waals surface area contributed by atoms with Gasteiger partial charge in [0, 0.05) is 6.07 Å². The molecule has 5 heteroatoms. The maximum atomic E-state index is 11.3. The van der Waals surface area contributed by atoms with Crippen molar-refractivity contribution in [3.05, 3.63) is 23.3 Å². The maximum Gasteiger partial charge on any atom is 0.181 e. The van der Waals surface area contributed by atoms with Crippen molar-refractivity contribution in [3.63, 3.8) is 0 Å². The molecule has 1 rings (SSSR count). The van der Waals surface area contributed by atoms with Crippen molar-refractivity contribution >= 4 is 17.4 Å². The van der Waals surface area contributed by atoms with E-state index in [9.17, 15) is 9.90 Å². The van der Waals surface area contributed by atoms with Crippen LogP contribution in [0.3, 0.4) is 0 Å². The van der Waals surface area contributed by atoms with Crippen LogP contribution in [-0.2, 0) is 0 Å². The number of halogens is 1. The zero-order chi connectivity index (χ0) is 11.4. The number of ketones is 1. The number of aromatic hydroxyl groups is 1. The molecule has 0 atom stereocenters. The van der Waals surface area contributed by atoms with Gasteiger partial charge >= 0.3 is 0 Å². The molecule has 0 spiro atoms. The van der Waals surface area contributed by atoms with Crippen molar-refractivity contribution in [2.75, 3.05) is 13.0 Å². The summed E-state index contributed by atoms with van der Waals surface area (Å²) in [5, 5.41) is 18.2. The number of carbonyl (C=O) groups is 1. The Morgan fingerprint density at radius 3 is 2.80 bits per heavy atom. The first-order valence-electron chi connectivity index (χ1n) is 4.04. The van der Waals surface area contributed by atoms with Gasteiger partial charge in [-0.05, 0) is 6.07 Å². The molecule has 0 unspecified atom stereocenters. The number of ether oxygens (including phenoxy) is 1. The normalized spacial score (nSPS) is 9.40. The Morgan fingerprint density at radius 1 is 1.67 bits per heavy atom. The van der Waals surface area contributed by atoms with Crippen molar-refractivity contribution in [2.45, 2.75) is 0 Å². The maximum absolute atomic E-state index is 11.3. The number of benzene rings is 1. The molecule has 1 aromatic rings. The Balaban J connectivity index is 3.33. The molecule has 1 N–H and O–H groups in total. The number of hydrogen-bond acceptors (Lipinski definition) is 4. The molecule has 0 saturated carbocycles. The smallest absolute Gasteiger partial charge is 0.181 e. The summed E-state index contributed by atoms with van der Waals surface area (Å²) in [6.07, 6.45) is 0.